The van der Waals surface area contributed by atoms with E-state index in [1.807, 2.05) is 6.92 Å². The Morgan fingerprint density at radius 3 is 2.50 bits per heavy atom. The Balaban J connectivity index is 2.33. The molecule has 1 heterocycles. The van der Waals surface area contributed by atoms with Gasteiger partial charge in [-0.15, -0.1) is 0 Å². The van der Waals surface area contributed by atoms with Crippen LogP contribution in [0.15, 0.2) is 72.6 Å². The third-order valence-corrected chi connectivity index (χ3v) is 4.84. The molecule has 0 saturated carbocycles. The van der Waals surface area contributed by atoms with Gasteiger partial charge in [0.05, 0.1) is 11.4 Å². The topological polar surface area (TPSA) is 84.4 Å². The van der Waals surface area contributed by atoms with E-state index in [-0.39, 0.29) is 13.0 Å². The number of benzene rings is 1. The number of nitrogens with two attached hydrogens (primary N) is 1. The lowest BCUT2D eigenvalue weighted by molar-refractivity contribution is -0.126. The molecule has 32 heavy (non-hydrogen) atoms. The van der Waals surface area contributed by atoms with E-state index in [0.29, 0.717) is 29.1 Å². The molecule has 0 unspecified atom stereocenters. The minimum absolute atomic E-state index is 0.0938. The Morgan fingerprint density at radius 2 is 1.97 bits per heavy atom. The Labute approximate surface area is 185 Å². The van der Waals surface area contributed by atoms with E-state index in [4.69, 9.17) is 5.73 Å². The minimum Gasteiger partial charge on any atom is -0.395 e. The molecule has 9 heteroatoms. The summed E-state index contributed by atoms with van der Waals surface area (Å²) in [7, 11) is 0. The zero-order chi connectivity index (χ0) is 23.9. The molecule has 0 saturated heterocycles. The number of alkyl halides is 3. The van der Waals surface area contributed by atoms with Crippen LogP contribution in [0.1, 0.15) is 30.7 Å². The van der Waals surface area contributed by atoms with Crippen molar-refractivity contribution in [3.8, 4) is 0 Å². The van der Waals surface area contributed by atoms with E-state index in [9.17, 15) is 23.1 Å². The lowest BCUT2D eigenvalue weighted by atomic mass is 10.1. The van der Waals surface area contributed by atoms with Crippen LogP contribution in [0.2, 0.25) is 0 Å². The van der Waals surface area contributed by atoms with Gasteiger partial charge in [0.15, 0.2) is 6.10 Å². The molecule has 0 aliphatic heterocycles. The average molecular weight is 448 g/mol. The van der Waals surface area contributed by atoms with Crippen LogP contribution in [-0.2, 0) is 11.3 Å². The lowest BCUT2D eigenvalue weighted by Gasteiger charge is -2.25. The molecule has 0 aliphatic carbocycles. The van der Waals surface area contributed by atoms with Gasteiger partial charge in [-0.05, 0) is 37.5 Å². The van der Waals surface area contributed by atoms with Crippen LogP contribution in [0.4, 0.5) is 18.9 Å². The maximum absolute atomic E-state index is 13.2. The van der Waals surface area contributed by atoms with E-state index >= 15 is 0 Å². The third-order valence-electron chi connectivity index (χ3n) is 4.84. The number of hydrogen-bond donors (Lipinski definition) is 2. The van der Waals surface area contributed by atoms with Gasteiger partial charge in [-0.25, -0.2) is 0 Å². The second-order valence-electron chi connectivity index (χ2n) is 7.07. The summed E-state index contributed by atoms with van der Waals surface area (Å²) >= 11 is 0. The second-order valence-corrected chi connectivity index (χ2v) is 7.07. The molecule has 0 radical (unpaired) electrons. The van der Waals surface area contributed by atoms with Crippen LogP contribution >= 0.6 is 0 Å². The number of rotatable bonds is 9. The molecule has 0 bridgehead atoms. The van der Waals surface area contributed by atoms with Gasteiger partial charge in [0, 0.05) is 19.3 Å². The van der Waals surface area contributed by atoms with Crippen molar-refractivity contribution >= 4 is 11.6 Å². The van der Waals surface area contributed by atoms with Crippen molar-refractivity contribution in [1.29, 1.82) is 0 Å². The summed E-state index contributed by atoms with van der Waals surface area (Å²) in [6.07, 6.45) is -0.761. The van der Waals surface area contributed by atoms with Gasteiger partial charge in [0.2, 0.25) is 0 Å². The summed E-state index contributed by atoms with van der Waals surface area (Å²) in [4.78, 5) is 14.6. The molecule has 0 aliphatic rings. The number of anilines is 1. The number of aliphatic hydroxyl groups excluding tert-OH is 1. The van der Waals surface area contributed by atoms with Crippen molar-refractivity contribution in [1.82, 2.24) is 9.78 Å². The van der Waals surface area contributed by atoms with Gasteiger partial charge in [0.1, 0.15) is 5.70 Å². The first-order valence-electron chi connectivity index (χ1n) is 10.0. The van der Waals surface area contributed by atoms with Crippen molar-refractivity contribution in [2.24, 2.45) is 5.73 Å². The van der Waals surface area contributed by atoms with Crippen LogP contribution in [0.5, 0.6) is 0 Å². The predicted octanol–water partition coefficient (Wildman–Crippen LogP) is 4.19. The monoisotopic (exact) mass is 448 g/mol. The van der Waals surface area contributed by atoms with Crippen molar-refractivity contribution in [3.05, 3.63) is 83.9 Å². The van der Waals surface area contributed by atoms with Gasteiger partial charge in [-0.3, -0.25) is 9.48 Å². The van der Waals surface area contributed by atoms with Gasteiger partial charge < -0.3 is 15.7 Å². The molecule has 1 aromatic carbocycles. The summed E-state index contributed by atoms with van der Waals surface area (Å²) in [6, 6.07) is 8.49. The Hall–Kier alpha value is -3.33. The van der Waals surface area contributed by atoms with Crippen molar-refractivity contribution in [2.45, 2.75) is 39.1 Å². The number of aliphatic hydroxyl groups is 1. The third kappa shape index (κ3) is 6.34. The van der Waals surface area contributed by atoms with Crippen LogP contribution in [-0.4, -0.2) is 33.5 Å². The first-order chi connectivity index (χ1) is 15.1. The minimum atomic E-state index is -4.63. The zero-order valence-corrected chi connectivity index (χ0v) is 18.0. The highest BCUT2D eigenvalue weighted by atomic mass is 19.4. The number of halogens is 3. The Bertz CT molecular complexity index is 994. The fraction of sp³-hybridized carbons (Fsp3) is 0.304. The summed E-state index contributed by atoms with van der Waals surface area (Å²) in [5.74, 6) is -0.566. The number of aryl methyl sites for hydroxylation is 2. The summed E-state index contributed by atoms with van der Waals surface area (Å²) in [5, 5.41) is 15.0. The highest BCUT2D eigenvalue weighted by molar-refractivity contribution is 5.97. The van der Waals surface area contributed by atoms with Gasteiger partial charge >= 0.3 is 6.18 Å². The van der Waals surface area contributed by atoms with Crippen molar-refractivity contribution < 1.29 is 23.1 Å². The highest BCUT2D eigenvalue weighted by Gasteiger charge is 2.31. The highest BCUT2D eigenvalue weighted by Crippen LogP contribution is 2.26. The maximum atomic E-state index is 13.2. The second kappa shape index (κ2) is 10.8. The lowest BCUT2D eigenvalue weighted by Crippen LogP contribution is -2.36. The molecular formula is C23H27F3N4O2. The van der Waals surface area contributed by atoms with Gasteiger partial charge in [-0.1, -0.05) is 49.1 Å². The first kappa shape index (κ1) is 24.9. The fourth-order valence-corrected chi connectivity index (χ4v) is 2.99. The average Bonchev–Trinajstić information content (AvgIpc) is 3.15. The number of amides is 1. The number of nitrogens with zero attached hydrogens (tertiary/aromatic N) is 3. The molecule has 2 rings (SSSR count). The molecule has 1 amide bonds. The Morgan fingerprint density at radius 1 is 1.31 bits per heavy atom. The Kier molecular flexibility index (Phi) is 8.42. The van der Waals surface area contributed by atoms with Crippen LogP contribution < -0.4 is 10.6 Å². The number of allylic oxidation sites excluding steroid dienone is 4. The molecule has 172 valence electrons. The standard InChI is InChI=1S/C23H27F3N4O2/c1-4-17(11-12-20(27)23(24,25)26)13-14-30(19-15-29(5-2)28-16(19)3)22(32)21(31)18-9-7-6-8-10-18/h4,6-12,15,21,31H,1,5,13-14,27H2,2-3H3/b17-11+,20-12-/t21-/m0/s1. The largest absolute Gasteiger partial charge is 0.430 e. The smallest absolute Gasteiger partial charge is 0.395 e. The van der Waals surface area contributed by atoms with E-state index in [2.05, 4.69) is 11.7 Å². The normalized spacial score (nSPS) is 13.7. The van der Waals surface area contributed by atoms with Gasteiger partial charge in [0.25, 0.3) is 5.91 Å². The molecule has 0 spiro atoms. The number of carbonyl (C=O) groups excluding carboxylic acids is 1. The molecule has 0 fully saturated rings. The molecule has 1 aromatic heterocycles. The predicted molar refractivity (Wildman–Crippen MR) is 118 cm³/mol. The van der Waals surface area contributed by atoms with Gasteiger partial charge in [-0.2, -0.15) is 18.3 Å². The van der Waals surface area contributed by atoms with Crippen LogP contribution in [0, 0.1) is 6.92 Å². The molecule has 2 aromatic rings. The van der Waals surface area contributed by atoms with E-state index in [1.165, 1.54) is 17.1 Å². The SMILES string of the molecule is C=C/C(=C\C=C(/N)C(F)(F)F)CCN(C(=O)[C@@H](O)c1ccccc1)c1cn(CC)nc1C. The first-order valence-corrected chi connectivity index (χ1v) is 10.0. The van der Waals surface area contributed by atoms with E-state index < -0.39 is 23.9 Å². The summed E-state index contributed by atoms with van der Waals surface area (Å²) < 4.78 is 39.6. The number of hydrogen-bond acceptors (Lipinski definition) is 4. The van der Waals surface area contributed by atoms with E-state index in [1.54, 1.807) is 48.1 Å². The van der Waals surface area contributed by atoms with E-state index in [0.717, 1.165) is 6.08 Å². The number of aromatic nitrogens is 2. The zero-order valence-electron chi connectivity index (χ0n) is 18.0. The van der Waals surface area contributed by atoms with Crippen molar-refractivity contribution in [2.75, 3.05) is 11.4 Å². The number of carbonyl (C=O) groups is 1. The van der Waals surface area contributed by atoms with Crippen molar-refractivity contribution in [3.63, 3.8) is 0 Å². The summed E-state index contributed by atoms with van der Waals surface area (Å²) in [5.41, 5.74) is 5.79. The van der Waals surface area contributed by atoms with Crippen LogP contribution in [0.25, 0.3) is 0 Å². The fourth-order valence-electron chi connectivity index (χ4n) is 2.99. The summed E-state index contributed by atoms with van der Waals surface area (Å²) in [6.45, 7) is 7.95. The molecule has 1 atom stereocenters. The maximum Gasteiger partial charge on any atom is 0.430 e. The molecule has 3 N–H and O–H groups in total. The molecular weight excluding hydrogens is 421 g/mol. The van der Waals surface area contributed by atoms with Crippen LogP contribution in [0.3, 0.4) is 0 Å². The molecule has 6 nitrogen and oxygen atoms in total. The quantitative estimate of drug-likeness (QED) is 0.564.